The molecule has 25 heavy (non-hydrogen) atoms. The van der Waals surface area contributed by atoms with E-state index in [1.807, 2.05) is 0 Å². The molecule has 1 fully saturated rings. The van der Waals surface area contributed by atoms with Crippen LogP contribution in [-0.2, 0) is 0 Å². The minimum absolute atomic E-state index is 0.204. The number of thiazole rings is 1. The normalized spacial score (nSPS) is 15.2. The summed E-state index contributed by atoms with van der Waals surface area (Å²) in [6.07, 6.45) is -0.474. The van der Waals surface area contributed by atoms with Gasteiger partial charge in [-0.05, 0) is 37.1 Å². The second kappa shape index (κ2) is 7.30. The van der Waals surface area contributed by atoms with Crippen LogP contribution in [0.1, 0.15) is 36.2 Å². The molecule has 9 heteroatoms. The zero-order chi connectivity index (χ0) is 17.9. The van der Waals surface area contributed by atoms with Crippen LogP contribution in [0.4, 0.5) is 24.0 Å². The van der Waals surface area contributed by atoms with Gasteiger partial charge < -0.3 is 15.4 Å². The summed E-state index contributed by atoms with van der Waals surface area (Å²) < 4.78 is 40.2. The second-order valence-electron chi connectivity index (χ2n) is 5.69. The van der Waals surface area contributed by atoms with Crippen molar-refractivity contribution in [1.29, 1.82) is 0 Å². The molecule has 1 aromatic heterocycles. The van der Waals surface area contributed by atoms with Gasteiger partial charge in [0.1, 0.15) is 11.4 Å². The third-order valence-electron chi connectivity index (χ3n) is 3.77. The molecule has 0 bridgehead atoms. The largest absolute Gasteiger partial charge is 0.573 e. The standard InChI is InChI=1S/C16H16F3N3O2S/c17-16(18,19)24-12-7-5-11(6-8-12)21-15-22-13(9-25-15)14(23)20-10-3-1-2-4-10/h5-10H,1-4H2,(H,20,23)(H,21,22). The van der Waals surface area contributed by atoms with E-state index in [0.29, 0.717) is 16.5 Å². The Morgan fingerprint density at radius 1 is 1.20 bits per heavy atom. The molecule has 2 aromatic rings. The Bertz CT molecular complexity index is 725. The van der Waals surface area contributed by atoms with Crippen LogP contribution in [0, 0.1) is 0 Å². The zero-order valence-electron chi connectivity index (χ0n) is 13.1. The molecule has 1 heterocycles. The molecule has 1 aliphatic carbocycles. The van der Waals surface area contributed by atoms with Crippen LogP contribution < -0.4 is 15.4 Å². The first-order valence-electron chi connectivity index (χ1n) is 7.78. The van der Waals surface area contributed by atoms with Crippen molar-refractivity contribution in [3.63, 3.8) is 0 Å². The summed E-state index contributed by atoms with van der Waals surface area (Å²) in [5.74, 6) is -0.501. The zero-order valence-corrected chi connectivity index (χ0v) is 13.9. The number of hydrogen-bond donors (Lipinski definition) is 2. The van der Waals surface area contributed by atoms with Crippen LogP contribution in [0.2, 0.25) is 0 Å². The fourth-order valence-electron chi connectivity index (χ4n) is 2.63. The molecular weight excluding hydrogens is 355 g/mol. The highest BCUT2D eigenvalue weighted by molar-refractivity contribution is 7.14. The monoisotopic (exact) mass is 371 g/mol. The van der Waals surface area contributed by atoms with E-state index in [1.165, 1.54) is 35.6 Å². The minimum atomic E-state index is -4.72. The predicted molar refractivity (Wildman–Crippen MR) is 88.2 cm³/mol. The molecule has 5 nitrogen and oxygen atoms in total. The fraction of sp³-hybridized carbons (Fsp3) is 0.375. The van der Waals surface area contributed by atoms with E-state index >= 15 is 0 Å². The molecule has 1 aromatic carbocycles. The Kier molecular flexibility index (Phi) is 5.12. The van der Waals surface area contributed by atoms with Gasteiger partial charge in [-0.2, -0.15) is 0 Å². The van der Waals surface area contributed by atoms with E-state index in [4.69, 9.17) is 0 Å². The number of halogens is 3. The number of amides is 1. The van der Waals surface area contributed by atoms with Gasteiger partial charge in [-0.15, -0.1) is 24.5 Å². The van der Waals surface area contributed by atoms with Crippen molar-refractivity contribution in [3.05, 3.63) is 35.3 Å². The van der Waals surface area contributed by atoms with Crippen LogP contribution >= 0.6 is 11.3 Å². The average Bonchev–Trinajstić information content (AvgIpc) is 3.19. The smallest absolute Gasteiger partial charge is 0.406 e. The summed E-state index contributed by atoms with van der Waals surface area (Å²) in [6, 6.07) is 5.52. The SMILES string of the molecule is O=C(NC1CCCC1)c1csc(Nc2ccc(OC(F)(F)F)cc2)n1. The molecule has 134 valence electrons. The first-order chi connectivity index (χ1) is 11.9. The Morgan fingerprint density at radius 3 is 2.52 bits per heavy atom. The van der Waals surface area contributed by atoms with Crippen LogP contribution in [0.15, 0.2) is 29.6 Å². The highest BCUT2D eigenvalue weighted by atomic mass is 32.1. The molecule has 0 spiro atoms. The fourth-order valence-corrected chi connectivity index (χ4v) is 3.34. The number of ether oxygens (including phenoxy) is 1. The van der Waals surface area contributed by atoms with Crippen LogP contribution in [0.3, 0.4) is 0 Å². The van der Waals surface area contributed by atoms with E-state index in [0.717, 1.165) is 25.7 Å². The number of nitrogens with one attached hydrogen (secondary N) is 2. The van der Waals surface area contributed by atoms with Gasteiger partial charge >= 0.3 is 6.36 Å². The van der Waals surface area contributed by atoms with Gasteiger partial charge in [0.2, 0.25) is 0 Å². The van der Waals surface area contributed by atoms with Gasteiger partial charge in [-0.1, -0.05) is 12.8 Å². The lowest BCUT2D eigenvalue weighted by Gasteiger charge is -2.10. The van der Waals surface area contributed by atoms with Crippen molar-refractivity contribution in [2.24, 2.45) is 0 Å². The van der Waals surface area contributed by atoms with Gasteiger partial charge in [0.05, 0.1) is 0 Å². The molecule has 1 aliphatic rings. The van der Waals surface area contributed by atoms with Gasteiger partial charge in [0.25, 0.3) is 5.91 Å². The van der Waals surface area contributed by atoms with Crippen LogP contribution in [0.25, 0.3) is 0 Å². The third-order valence-corrected chi connectivity index (χ3v) is 4.52. The summed E-state index contributed by atoms with van der Waals surface area (Å²) in [7, 11) is 0. The lowest BCUT2D eigenvalue weighted by Crippen LogP contribution is -2.32. The molecule has 0 saturated heterocycles. The van der Waals surface area contributed by atoms with Crippen LogP contribution in [-0.4, -0.2) is 23.3 Å². The van der Waals surface area contributed by atoms with E-state index in [9.17, 15) is 18.0 Å². The third kappa shape index (κ3) is 5.09. The minimum Gasteiger partial charge on any atom is -0.406 e. The van der Waals surface area contributed by atoms with Crippen molar-refractivity contribution in [1.82, 2.24) is 10.3 Å². The van der Waals surface area contributed by atoms with Crippen molar-refractivity contribution in [2.45, 2.75) is 38.1 Å². The van der Waals surface area contributed by atoms with Gasteiger partial charge in [-0.25, -0.2) is 4.98 Å². The number of hydrogen-bond acceptors (Lipinski definition) is 5. The number of alkyl halides is 3. The van der Waals surface area contributed by atoms with Gasteiger partial charge in [0, 0.05) is 17.1 Å². The quantitative estimate of drug-likeness (QED) is 0.815. The van der Waals surface area contributed by atoms with Crippen molar-refractivity contribution in [3.8, 4) is 5.75 Å². The van der Waals surface area contributed by atoms with Crippen molar-refractivity contribution in [2.75, 3.05) is 5.32 Å². The molecule has 2 N–H and O–H groups in total. The molecule has 1 amide bonds. The maximum atomic E-state index is 12.1. The number of carbonyl (C=O) groups excluding carboxylic acids is 1. The average molecular weight is 371 g/mol. The highest BCUT2D eigenvalue weighted by Crippen LogP contribution is 2.26. The van der Waals surface area contributed by atoms with Gasteiger partial charge in [0.15, 0.2) is 5.13 Å². The summed E-state index contributed by atoms with van der Waals surface area (Å²) in [6.45, 7) is 0. The number of anilines is 2. The highest BCUT2D eigenvalue weighted by Gasteiger charge is 2.31. The van der Waals surface area contributed by atoms with Crippen LogP contribution in [0.5, 0.6) is 5.75 Å². The molecule has 0 aliphatic heterocycles. The number of aromatic nitrogens is 1. The van der Waals surface area contributed by atoms with E-state index in [2.05, 4.69) is 20.4 Å². The second-order valence-corrected chi connectivity index (χ2v) is 6.55. The molecule has 3 rings (SSSR count). The number of carbonyl (C=O) groups is 1. The summed E-state index contributed by atoms with van der Waals surface area (Å²) in [5, 5.41) is 8.04. The molecule has 0 atom stereocenters. The Morgan fingerprint density at radius 2 is 1.88 bits per heavy atom. The number of nitrogens with zero attached hydrogens (tertiary/aromatic N) is 1. The first-order valence-corrected chi connectivity index (χ1v) is 8.66. The van der Waals surface area contributed by atoms with Gasteiger partial charge in [-0.3, -0.25) is 4.79 Å². The molecule has 1 saturated carbocycles. The first kappa shape index (κ1) is 17.5. The Balaban J connectivity index is 1.58. The molecule has 0 radical (unpaired) electrons. The van der Waals surface area contributed by atoms with E-state index < -0.39 is 6.36 Å². The van der Waals surface area contributed by atoms with E-state index in [-0.39, 0.29) is 17.7 Å². The van der Waals surface area contributed by atoms with E-state index in [1.54, 1.807) is 5.38 Å². The Hall–Kier alpha value is -2.29. The van der Waals surface area contributed by atoms with Crippen molar-refractivity contribution < 1.29 is 22.7 Å². The molecule has 0 unspecified atom stereocenters. The topological polar surface area (TPSA) is 63.2 Å². The summed E-state index contributed by atoms with van der Waals surface area (Å²) in [4.78, 5) is 16.3. The Labute approximate surface area is 146 Å². The van der Waals surface area contributed by atoms with Crippen molar-refractivity contribution >= 4 is 28.1 Å². The maximum absolute atomic E-state index is 12.1. The lowest BCUT2D eigenvalue weighted by atomic mass is 10.2. The summed E-state index contributed by atoms with van der Waals surface area (Å²) >= 11 is 1.25. The molecular formula is C16H16F3N3O2S. The maximum Gasteiger partial charge on any atom is 0.573 e. The summed E-state index contributed by atoms with van der Waals surface area (Å²) in [5.41, 5.74) is 0.878. The number of rotatable bonds is 5. The lowest BCUT2D eigenvalue weighted by molar-refractivity contribution is -0.274. The number of benzene rings is 1. The predicted octanol–water partition coefficient (Wildman–Crippen LogP) is 4.46.